The van der Waals surface area contributed by atoms with Crippen molar-refractivity contribution in [2.45, 2.75) is 45.2 Å². The Labute approximate surface area is 130 Å². The fraction of sp³-hybridized carbons (Fsp3) is 0.600. The Balaban J connectivity index is 2.19. The number of rotatable bonds is 5. The molecule has 0 spiro atoms. The molecule has 0 radical (unpaired) electrons. The number of nitrogens with one attached hydrogen (secondary N) is 1. The maximum atomic E-state index is 10.8. The number of non-ortho nitro benzene ring substituents is 1. The van der Waals surface area contributed by atoms with E-state index in [2.05, 4.69) is 24.1 Å². The van der Waals surface area contributed by atoms with Crippen molar-refractivity contribution in [3.05, 3.63) is 33.3 Å². The normalized spacial score (nSPS) is 18.8. The molecule has 0 aliphatic carbocycles. The van der Waals surface area contributed by atoms with E-state index in [1.165, 1.54) is 25.0 Å². The predicted molar refractivity (Wildman–Crippen MR) is 86.2 cm³/mol. The summed E-state index contributed by atoms with van der Waals surface area (Å²) in [5.41, 5.74) is 0.896. The highest BCUT2D eigenvalue weighted by Crippen LogP contribution is 2.31. The molecule has 1 heterocycles. The summed E-state index contributed by atoms with van der Waals surface area (Å²) in [7, 11) is 0. The van der Waals surface area contributed by atoms with Crippen molar-refractivity contribution in [3.8, 4) is 0 Å². The summed E-state index contributed by atoms with van der Waals surface area (Å²) < 4.78 is 0. The van der Waals surface area contributed by atoms with Crippen LogP contribution in [0.5, 0.6) is 0 Å². The number of benzene rings is 1. The van der Waals surface area contributed by atoms with Gasteiger partial charge in [-0.15, -0.1) is 0 Å². The van der Waals surface area contributed by atoms with E-state index in [4.69, 9.17) is 11.6 Å². The first-order valence-electron chi connectivity index (χ1n) is 7.43. The number of nitrogens with zero attached hydrogens (tertiary/aromatic N) is 2. The largest absolute Gasteiger partial charge is 0.366 e. The van der Waals surface area contributed by atoms with E-state index in [-0.39, 0.29) is 11.7 Å². The van der Waals surface area contributed by atoms with Crippen LogP contribution in [0.15, 0.2) is 18.2 Å². The van der Waals surface area contributed by atoms with Gasteiger partial charge in [0.25, 0.3) is 5.69 Å². The molecule has 21 heavy (non-hydrogen) atoms. The van der Waals surface area contributed by atoms with Crippen molar-refractivity contribution in [3.63, 3.8) is 0 Å². The lowest BCUT2D eigenvalue weighted by atomic mass is 10.0. The van der Waals surface area contributed by atoms with Gasteiger partial charge in [0.15, 0.2) is 0 Å². The number of nitro benzene ring substituents is 1. The van der Waals surface area contributed by atoms with Gasteiger partial charge in [-0.25, -0.2) is 0 Å². The van der Waals surface area contributed by atoms with Crippen molar-refractivity contribution in [1.29, 1.82) is 0 Å². The Morgan fingerprint density at radius 3 is 2.76 bits per heavy atom. The summed E-state index contributed by atoms with van der Waals surface area (Å²) in [5, 5.41) is 14.8. The standard InChI is InChI=1S/C15H22ClN3O2/c1-11(2)18(10-12-5-3-4-8-17-12)15-7-6-13(19(20)21)9-14(15)16/h6-7,9,11-12,17H,3-5,8,10H2,1-2H3. The highest BCUT2D eigenvalue weighted by Gasteiger charge is 2.21. The van der Waals surface area contributed by atoms with Crippen LogP contribution in [0.2, 0.25) is 5.02 Å². The molecule has 1 aromatic rings. The Bertz CT molecular complexity index is 502. The lowest BCUT2D eigenvalue weighted by Gasteiger charge is -2.35. The molecule has 1 aliphatic heterocycles. The van der Waals surface area contributed by atoms with Gasteiger partial charge in [0.05, 0.1) is 15.6 Å². The monoisotopic (exact) mass is 311 g/mol. The number of piperidine rings is 1. The summed E-state index contributed by atoms with van der Waals surface area (Å²) >= 11 is 6.26. The molecule has 1 saturated heterocycles. The van der Waals surface area contributed by atoms with Crippen molar-refractivity contribution >= 4 is 23.0 Å². The fourth-order valence-corrected chi connectivity index (χ4v) is 3.03. The number of nitro groups is 1. The molecule has 1 fully saturated rings. The highest BCUT2D eigenvalue weighted by molar-refractivity contribution is 6.33. The average Bonchev–Trinajstić information content (AvgIpc) is 2.46. The molecule has 6 heteroatoms. The van der Waals surface area contributed by atoms with E-state index in [0.717, 1.165) is 25.2 Å². The first-order valence-corrected chi connectivity index (χ1v) is 7.81. The maximum absolute atomic E-state index is 10.8. The number of halogens is 1. The van der Waals surface area contributed by atoms with Crippen LogP contribution in [-0.4, -0.2) is 30.1 Å². The fourth-order valence-electron chi connectivity index (χ4n) is 2.75. The molecule has 1 aliphatic rings. The summed E-state index contributed by atoms with van der Waals surface area (Å²) in [6.07, 6.45) is 3.64. The van der Waals surface area contributed by atoms with Crippen LogP contribution >= 0.6 is 11.6 Å². The van der Waals surface area contributed by atoms with E-state index >= 15 is 0 Å². The molecular weight excluding hydrogens is 290 g/mol. The van der Waals surface area contributed by atoms with Crippen molar-refractivity contribution in [2.75, 3.05) is 18.0 Å². The smallest absolute Gasteiger partial charge is 0.271 e. The van der Waals surface area contributed by atoms with Gasteiger partial charge < -0.3 is 10.2 Å². The van der Waals surface area contributed by atoms with Gasteiger partial charge in [0.2, 0.25) is 0 Å². The minimum absolute atomic E-state index is 0.0308. The van der Waals surface area contributed by atoms with E-state index in [9.17, 15) is 10.1 Å². The van der Waals surface area contributed by atoms with Crippen molar-refractivity contribution < 1.29 is 4.92 Å². The first kappa shape index (κ1) is 16.0. The molecular formula is C15H22ClN3O2. The minimum Gasteiger partial charge on any atom is -0.366 e. The number of hydrogen-bond acceptors (Lipinski definition) is 4. The SMILES string of the molecule is CC(C)N(CC1CCCCN1)c1ccc([N+](=O)[O-])cc1Cl. The lowest BCUT2D eigenvalue weighted by Crippen LogP contribution is -2.46. The zero-order valence-corrected chi connectivity index (χ0v) is 13.3. The van der Waals surface area contributed by atoms with Gasteiger partial charge in [-0.05, 0) is 39.3 Å². The summed E-state index contributed by atoms with van der Waals surface area (Å²) in [6.45, 7) is 6.15. The third-order valence-electron chi connectivity index (χ3n) is 3.90. The number of hydrogen-bond donors (Lipinski definition) is 1. The van der Waals surface area contributed by atoms with Crippen LogP contribution in [-0.2, 0) is 0 Å². The third kappa shape index (κ3) is 4.08. The molecule has 1 atom stereocenters. The zero-order valence-electron chi connectivity index (χ0n) is 12.5. The van der Waals surface area contributed by atoms with Crippen LogP contribution in [0.1, 0.15) is 33.1 Å². The second-order valence-electron chi connectivity index (χ2n) is 5.79. The molecule has 0 saturated carbocycles. The second kappa shape index (κ2) is 7.09. The van der Waals surface area contributed by atoms with E-state index in [1.54, 1.807) is 6.07 Å². The van der Waals surface area contributed by atoms with Gasteiger partial charge in [-0.1, -0.05) is 18.0 Å². The molecule has 5 nitrogen and oxygen atoms in total. The van der Waals surface area contributed by atoms with E-state index < -0.39 is 4.92 Å². The Morgan fingerprint density at radius 1 is 1.48 bits per heavy atom. The Hall–Kier alpha value is -1.33. The minimum atomic E-state index is -0.419. The molecule has 1 aromatic carbocycles. The molecule has 2 rings (SSSR count). The second-order valence-corrected chi connectivity index (χ2v) is 6.19. The molecule has 1 unspecified atom stereocenters. The maximum Gasteiger partial charge on any atom is 0.271 e. The predicted octanol–water partition coefficient (Wildman–Crippen LogP) is 3.61. The Kier molecular flexibility index (Phi) is 5.42. The average molecular weight is 312 g/mol. The first-order chi connectivity index (χ1) is 9.99. The van der Waals surface area contributed by atoms with Crippen LogP contribution in [0.4, 0.5) is 11.4 Å². The van der Waals surface area contributed by atoms with E-state index in [0.29, 0.717) is 11.1 Å². The molecule has 1 N–H and O–H groups in total. The highest BCUT2D eigenvalue weighted by atomic mass is 35.5. The zero-order chi connectivity index (χ0) is 15.4. The van der Waals surface area contributed by atoms with E-state index in [1.807, 2.05) is 0 Å². The van der Waals surface area contributed by atoms with Gasteiger partial charge >= 0.3 is 0 Å². The third-order valence-corrected chi connectivity index (χ3v) is 4.21. The summed E-state index contributed by atoms with van der Waals surface area (Å²) in [4.78, 5) is 12.6. The topological polar surface area (TPSA) is 58.4 Å². The van der Waals surface area contributed by atoms with Crippen molar-refractivity contribution in [1.82, 2.24) is 5.32 Å². The van der Waals surface area contributed by atoms with Gasteiger partial charge in [0, 0.05) is 30.8 Å². The molecule has 0 aromatic heterocycles. The van der Waals surface area contributed by atoms with Crippen molar-refractivity contribution in [2.24, 2.45) is 0 Å². The Morgan fingerprint density at radius 2 is 2.24 bits per heavy atom. The van der Waals surface area contributed by atoms with Crippen LogP contribution in [0.3, 0.4) is 0 Å². The van der Waals surface area contributed by atoms with Gasteiger partial charge in [-0.3, -0.25) is 10.1 Å². The summed E-state index contributed by atoms with van der Waals surface area (Å²) in [6, 6.07) is 5.44. The molecule has 116 valence electrons. The van der Waals surface area contributed by atoms with Gasteiger partial charge in [-0.2, -0.15) is 0 Å². The van der Waals surface area contributed by atoms with Gasteiger partial charge in [0.1, 0.15) is 0 Å². The van der Waals surface area contributed by atoms with Crippen LogP contribution < -0.4 is 10.2 Å². The molecule has 0 bridgehead atoms. The summed E-state index contributed by atoms with van der Waals surface area (Å²) in [5.74, 6) is 0. The van der Waals surface area contributed by atoms with Crippen LogP contribution in [0, 0.1) is 10.1 Å². The molecule has 0 amide bonds. The quantitative estimate of drug-likeness (QED) is 0.666. The number of anilines is 1. The van der Waals surface area contributed by atoms with Crippen LogP contribution in [0.25, 0.3) is 0 Å². The lowest BCUT2D eigenvalue weighted by molar-refractivity contribution is -0.384.